The first kappa shape index (κ1) is 100. The lowest BCUT2D eigenvalue weighted by Crippen LogP contribution is -2.30. The molecule has 0 aromatic rings. The molecule has 606 valence electrons. The van der Waals surface area contributed by atoms with Crippen LogP contribution in [-0.4, -0.2) is 96.7 Å². The second-order valence-corrected chi connectivity index (χ2v) is 34.0. The third kappa shape index (κ3) is 74.9. The van der Waals surface area contributed by atoms with Crippen LogP contribution in [0.15, 0.2) is 0 Å². The first-order chi connectivity index (χ1) is 49.3. The molecule has 0 aliphatic rings. The molecule has 0 aromatic heterocycles. The Labute approximate surface area is 626 Å². The van der Waals surface area contributed by atoms with E-state index in [1.807, 2.05) is 0 Å². The fraction of sp³-hybridized carbons (Fsp3) is 0.952. The largest absolute Gasteiger partial charge is 0.472 e. The van der Waals surface area contributed by atoms with Gasteiger partial charge in [-0.25, -0.2) is 9.13 Å². The fourth-order valence-electron chi connectivity index (χ4n) is 12.8. The van der Waals surface area contributed by atoms with Crippen LogP contribution in [0.2, 0.25) is 0 Å². The molecule has 0 saturated carbocycles. The van der Waals surface area contributed by atoms with E-state index in [-0.39, 0.29) is 25.7 Å². The van der Waals surface area contributed by atoms with Crippen LogP contribution >= 0.6 is 15.6 Å². The summed E-state index contributed by atoms with van der Waals surface area (Å²) in [5.74, 6) is 0.308. The van der Waals surface area contributed by atoms with Gasteiger partial charge in [-0.15, -0.1) is 0 Å². The molecule has 0 amide bonds. The van der Waals surface area contributed by atoms with Crippen LogP contribution in [0.3, 0.4) is 0 Å². The third-order valence-electron chi connectivity index (χ3n) is 19.7. The van der Waals surface area contributed by atoms with Gasteiger partial charge in [0.05, 0.1) is 26.4 Å². The minimum atomic E-state index is -4.96. The maximum absolute atomic E-state index is 13.1. The highest BCUT2D eigenvalue weighted by molar-refractivity contribution is 7.47. The molecule has 6 atom stereocenters. The summed E-state index contributed by atoms with van der Waals surface area (Å²) in [6.45, 7) is 12.0. The Bertz CT molecular complexity index is 1980. The van der Waals surface area contributed by atoms with Crippen molar-refractivity contribution in [1.29, 1.82) is 0 Å². The first-order valence-corrected chi connectivity index (χ1v) is 45.9. The quantitative estimate of drug-likeness (QED) is 0.0222. The average molecular weight is 1490 g/mol. The van der Waals surface area contributed by atoms with Crippen LogP contribution < -0.4 is 0 Å². The predicted octanol–water partition coefficient (Wildman–Crippen LogP) is 24.9. The SMILES string of the molecule is CCCCCCCCCCCCCCCC(=O)OC[C@H](COP(=O)(O)OC[C@H](O)COP(=O)(O)OC[C@@H](COC(=O)CCCCCCCCCCCCCCCC(C)C)OC(=O)CCCCCCCCCCCCCCCCC(C)CC)OC(=O)CCCCCCCCCCCCCCC(C)C. The normalized spacial score (nSPS) is 14.2. The zero-order valence-electron chi connectivity index (χ0n) is 67.1. The monoisotopic (exact) mass is 1490 g/mol. The maximum atomic E-state index is 13.1. The van der Waals surface area contributed by atoms with Crippen molar-refractivity contribution < 1.29 is 80.2 Å². The molecule has 3 N–H and O–H groups in total. The standard InChI is InChI=1S/C83H162O17P2/c1-8-10-11-12-13-14-15-19-29-36-43-50-57-64-80(85)93-70-79(100-83(88)67-60-53-46-39-32-25-24-27-34-41-48-55-62-75(5)6)73-98-102(91,92)96-69-77(84)68-95-101(89,90)97-72-78(71-94-81(86)65-58-51-44-37-30-23-18-20-26-33-40-47-54-61-74(3)4)99-82(87)66-59-52-45-38-31-22-17-16-21-28-35-42-49-56-63-76(7)9-2/h74-79,84H,8-73H2,1-7H3,(H,89,90)(H,91,92)/t76?,77-,78-,79-/m1/s1. The van der Waals surface area contributed by atoms with Gasteiger partial charge in [0, 0.05) is 25.7 Å². The van der Waals surface area contributed by atoms with E-state index in [1.54, 1.807) is 0 Å². The molecule has 0 spiro atoms. The van der Waals surface area contributed by atoms with E-state index in [0.717, 1.165) is 108 Å². The lowest BCUT2D eigenvalue weighted by atomic mass is 9.99. The summed E-state index contributed by atoms with van der Waals surface area (Å²) in [5.41, 5.74) is 0. The third-order valence-corrected chi connectivity index (χ3v) is 21.6. The molecular formula is C83H162O17P2. The number of esters is 4. The Hall–Kier alpha value is -1.94. The van der Waals surface area contributed by atoms with Gasteiger partial charge in [-0.1, -0.05) is 382 Å². The van der Waals surface area contributed by atoms with Crippen molar-refractivity contribution in [2.75, 3.05) is 39.6 Å². The summed E-state index contributed by atoms with van der Waals surface area (Å²) < 4.78 is 68.8. The van der Waals surface area contributed by atoms with E-state index < -0.39 is 97.5 Å². The number of hydrogen-bond acceptors (Lipinski definition) is 15. The lowest BCUT2D eigenvalue weighted by Gasteiger charge is -2.21. The van der Waals surface area contributed by atoms with E-state index in [4.69, 9.17) is 37.0 Å². The van der Waals surface area contributed by atoms with Gasteiger partial charge in [0.2, 0.25) is 0 Å². The average Bonchev–Trinajstić information content (AvgIpc) is 0.949. The summed E-state index contributed by atoms with van der Waals surface area (Å²) in [5, 5.41) is 10.7. The van der Waals surface area contributed by atoms with E-state index in [2.05, 4.69) is 48.5 Å². The molecule has 0 radical (unpaired) electrons. The predicted molar refractivity (Wildman–Crippen MR) is 418 cm³/mol. The van der Waals surface area contributed by atoms with Crippen LogP contribution in [0.1, 0.15) is 434 Å². The van der Waals surface area contributed by atoms with Crippen molar-refractivity contribution in [3.05, 3.63) is 0 Å². The second-order valence-electron chi connectivity index (χ2n) is 31.1. The minimum absolute atomic E-state index is 0.107. The Morgan fingerprint density at radius 1 is 0.284 bits per heavy atom. The van der Waals surface area contributed by atoms with E-state index >= 15 is 0 Å². The molecule has 102 heavy (non-hydrogen) atoms. The van der Waals surface area contributed by atoms with Gasteiger partial charge in [0.25, 0.3) is 0 Å². The second kappa shape index (κ2) is 73.2. The highest BCUT2D eigenvalue weighted by Gasteiger charge is 2.30. The Balaban J connectivity index is 5.28. The molecule has 0 aromatic carbocycles. The number of phosphoric ester groups is 2. The number of ether oxygens (including phenoxy) is 4. The molecule has 0 saturated heterocycles. The van der Waals surface area contributed by atoms with Crippen LogP contribution in [0.25, 0.3) is 0 Å². The number of carbonyl (C=O) groups is 4. The topological polar surface area (TPSA) is 237 Å². The van der Waals surface area contributed by atoms with Gasteiger partial charge >= 0.3 is 39.5 Å². The van der Waals surface area contributed by atoms with Crippen molar-refractivity contribution in [1.82, 2.24) is 0 Å². The van der Waals surface area contributed by atoms with Crippen LogP contribution in [0, 0.1) is 17.8 Å². The summed E-state index contributed by atoms with van der Waals surface area (Å²) in [6.07, 6.45) is 62.2. The Morgan fingerprint density at radius 3 is 0.745 bits per heavy atom. The molecule has 17 nitrogen and oxygen atoms in total. The van der Waals surface area contributed by atoms with Gasteiger partial charge in [-0.2, -0.15) is 0 Å². The Morgan fingerprint density at radius 2 is 0.500 bits per heavy atom. The molecule has 0 rings (SSSR count). The number of phosphoric acid groups is 2. The molecule has 0 aliphatic heterocycles. The smallest absolute Gasteiger partial charge is 0.462 e. The number of aliphatic hydroxyl groups is 1. The molecule has 0 bridgehead atoms. The van der Waals surface area contributed by atoms with Crippen molar-refractivity contribution >= 4 is 39.5 Å². The van der Waals surface area contributed by atoms with Crippen molar-refractivity contribution in [2.24, 2.45) is 17.8 Å². The van der Waals surface area contributed by atoms with Gasteiger partial charge in [-0.05, 0) is 43.4 Å². The van der Waals surface area contributed by atoms with Crippen molar-refractivity contribution in [2.45, 2.75) is 452 Å². The van der Waals surface area contributed by atoms with E-state index in [9.17, 15) is 43.2 Å². The summed E-state index contributed by atoms with van der Waals surface area (Å²) in [7, 11) is -9.93. The number of hydrogen-bond donors (Lipinski definition) is 3. The summed E-state index contributed by atoms with van der Waals surface area (Å²) in [4.78, 5) is 73.2. The summed E-state index contributed by atoms with van der Waals surface area (Å²) in [6, 6.07) is 0. The zero-order chi connectivity index (χ0) is 75.1. The van der Waals surface area contributed by atoms with Gasteiger partial charge in [0.1, 0.15) is 19.3 Å². The molecule has 0 aliphatic carbocycles. The van der Waals surface area contributed by atoms with Gasteiger partial charge < -0.3 is 33.8 Å². The van der Waals surface area contributed by atoms with Gasteiger partial charge in [0.15, 0.2) is 12.2 Å². The number of rotatable bonds is 81. The minimum Gasteiger partial charge on any atom is -0.462 e. The molecule has 0 heterocycles. The van der Waals surface area contributed by atoms with Crippen LogP contribution in [-0.2, 0) is 65.4 Å². The summed E-state index contributed by atoms with van der Waals surface area (Å²) >= 11 is 0. The van der Waals surface area contributed by atoms with E-state index in [0.29, 0.717) is 25.7 Å². The first-order valence-electron chi connectivity index (χ1n) is 42.9. The lowest BCUT2D eigenvalue weighted by molar-refractivity contribution is -0.161. The molecule has 3 unspecified atom stereocenters. The molecule has 19 heteroatoms. The number of carbonyl (C=O) groups excluding carboxylic acids is 4. The highest BCUT2D eigenvalue weighted by Crippen LogP contribution is 2.45. The van der Waals surface area contributed by atoms with Crippen LogP contribution in [0.5, 0.6) is 0 Å². The molecular weight excluding hydrogens is 1330 g/mol. The maximum Gasteiger partial charge on any atom is 0.472 e. The molecule has 0 fully saturated rings. The number of unbranched alkanes of at least 4 members (excludes halogenated alkanes) is 48. The van der Waals surface area contributed by atoms with Gasteiger partial charge in [-0.3, -0.25) is 37.3 Å². The number of aliphatic hydroxyl groups excluding tert-OH is 1. The zero-order valence-corrected chi connectivity index (χ0v) is 68.9. The van der Waals surface area contributed by atoms with Crippen molar-refractivity contribution in [3.8, 4) is 0 Å². The van der Waals surface area contributed by atoms with Crippen molar-refractivity contribution in [3.63, 3.8) is 0 Å². The van der Waals surface area contributed by atoms with Crippen LogP contribution in [0.4, 0.5) is 0 Å². The highest BCUT2D eigenvalue weighted by atomic mass is 31.2. The van der Waals surface area contributed by atoms with E-state index in [1.165, 1.54) is 244 Å². The fourth-order valence-corrected chi connectivity index (χ4v) is 14.4. The Kier molecular flexibility index (Phi) is 71.8.